The van der Waals surface area contributed by atoms with Crippen molar-refractivity contribution in [1.29, 1.82) is 0 Å². The molecule has 2 fully saturated rings. The first-order valence-corrected chi connectivity index (χ1v) is 7.68. The first-order valence-electron chi connectivity index (χ1n) is 7.68. The predicted molar refractivity (Wildman–Crippen MR) is 82.3 cm³/mol. The molecule has 0 radical (unpaired) electrons. The molecule has 2 saturated heterocycles. The minimum Gasteiger partial charge on any atom is -0.478 e. The zero-order chi connectivity index (χ0) is 16.3. The molecule has 6 heteroatoms. The standard InChI is InChI=1S/C16H24N2O4/c1-4-13(7-6-12(3)15(20)21)18-11-16(22-8-14(18)19)9-17(5-2)10-16/h6-7H,4-5,8-11H2,1-3H3,(H,20,21)/b12-6+,13-7+. The number of carbonyl (C=O) groups is 2. The zero-order valence-corrected chi connectivity index (χ0v) is 13.5. The maximum absolute atomic E-state index is 12.2. The van der Waals surface area contributed by atoms with E-state index in [-0.39, 0.29) is 23.7 Å². The van der Waals surface area contributed by atoms with Gasteiger partial charge in [0.05, 0.1) is 6.54 Å². The van der Waals surface area contributed by atoms with E-state index < -0.39 is 5.97 Å². The van der Waals surface area contributed by atoms with Gasteiger partial charge in [0.1, 0.15) is 12.2 Å². The average molecular weight is 308 g/mol. The van der Waals surface area contributed by atoms with Crippen molar-refractivity contribution in [3.63, 3.8) is 0 Å². The number of likely N-dealkylation sites (tertiary alicyclic amines) is 1. The summed E-state index contributed by atoms with van der Waals surface area (Å²) in [5, 5.41) is 8.91. The number of aliphatic carboxylic acids is 1. The van der Waals surface area contributed by atoms with E-state index in [1.165, 1.54) is 0 Å². The Morgan fingerprint density at radius 2 is 2.00 bits per heavy atom. The number of ether oxygens (including phenoxy) is 1. The molecule has 0 unspecified atom stereocenters. The number of rotatable bonds is 5. The summed E-state index contributed by atoms with van der Waals surface area (Å²) < 4.78 is 5.76. The maximum Gasteiger partial charge on any atom is 0.331 e. The van der Waals surface area contributed by atoms with Crippen LogP contribution in [0.1, 0.15) is 27.2 Å². The van der Waals surface area contributed by atoms with E-state index in [1.54, 1.807) is 24.0 Å². The van der Waals surface area contributed by atoms with E-state index in [1.807, 2.05) is 6.92 Å². The van der Waals surface area contributed by atoms with E-state index in [4.69, 9.17) is 9.84 Å². The monoisotopic (exact) mass is 308 g/mol. The van der Waals surface area contributed by atoms with Gasteiger partial charge in [-0.25, -0.2) is 4.79 Å². The first-order chi connectivity index (χ1) is 10.4. The summed E-state index contributed by atoms with van der Waals surface area (Å²) in [6, 6.07) is 0. The van der Waals surface area contributed by atoms with Gasteiger partial charge in [0.2, 0.25) is 0 Å². The van der Waals surface area contributed by atoms with Crippen LogP contribution in [-0.2, 0) is 14.3 Å². The van der Waals surface area contributed by atoms with Crippen LogP contribution in [0.4, 0.5) is 0 Å². The number of carbonyl (C=O) groups excluding carboxylic acids is 1. The highest BCUT2D eigenvalue weighted by Crippen LogP contribution is 2.31. The third-order valence-electron chi connectivity index (χ3n) is 4.29. The Labute approximate surface area is 131 Å². The number of carboxylic acid groups (broad SMARTS) is 1. The molecule has 22 heavy (non-hydrogen) atoms. The van der Waals surface area contributed by atoms with Crippen molar-refractivity contribution >= 4 is 11.9 Å². The Morgan fingerprint density at radius 1 is 1.32 bits per heavy atom. The highest BCUT2D eigenvalue weighted by atomic mass is 16.5. The lowest BCUT2D eigenvalue weighted by Crippen LogP contribution is -2.70. The molecule has 0 bridgehead atoms. The van der Waals surface area contributed by atoms with Gasteiger partial charge in [-0.3, -0.25) is 9.69 Å². The van der Waals surface area contributed by atoms with Crippen molar-refractivity contribution in [2.75, 3.05) is 32.8 Å². The summed E-state index contributed by atoms with van der Waals surface area (Å²) in [5.41, 5.74) is 0.828. The molecular weight excluding hydrogens is 284 g/mol. The molecule has 0 aromatic carbocycles. The van der Waals surface area contributed by atoms with Gasteiger partial charge in [0.15, 0.2) is 0 Å². The molecule has 1 amide bonds. The van der Waals surface area contributed by atoms with Crippen molar-refractivity contribution < 1.29 is 19.4 Å². The quantitative estimate of drug-likeness (QED) is 0.611. The SMILES string of the molecule is CC/C(=C\C=C(/C)C(=O)O)N1CC2(CN(CC)C2)OCC1=O. The normalized spacial score (nSPS) is 22.9. The van der Waals surface area contributed by atoms with Crippen LogP contribution in [0, 0.1) is 0 Å². The number of nitrogens with zero attached hydrogens (tertiary/aromatic N) is 2. The Bertz CT molecular complexity index is 518. The summed E-state index contributed by atoms with van der Waals surface area (Å²) in [4.78, 5) is 27.1. The molecule has 2 aliphatic heterocycles. The van der Waals surface area contributed by atoms with Crippen LogP contribution in [0.25, 0.3) is 0 Å². The smallest absolute Gasteiger partial charge is 0.331 e. The third-order valence-corrected chi connectivity index (χ3v) is 4.29. The van der Waals surface area contributed by atoms with Crippen LogP contribution >= 0.6 is 0 Å². The predicted octanol–water partition coefficient (Wildman–Crippen LogP) is 1.24. The van der Waals surface area contributed by atoms with E-state index in [2.05, 4.69) is 11.8 Å². The summed E-state index contributed by atoms with van der Waals surface area (Å²) in [6.45, 7) is 8.91. The molecule has 0 aromatic rings. The van der Waals surface area contributed by atoms with Crippen LogP contribution in [0.3, 0.4) is 0 Å². The van der Waals surface area contributed by atoms with Crippen LogP contribution in [0.5, 0.6) is 0 Å². The number of morpholine rings is 1. The van der Waals surface area contributed by atoms with E-state index in [9.17, 15) is 9.59 Å². The topological polar surface area (TPSA) is 70.1 Å². The fraction of sp³-hybridized carbons (Fsp3) is 0.625. The van der Waals surface area contributed by atoms with E-state index in [0.29, 0.717) is 13.0 Å². The highest BCUT2D eigenvalue weighted by molar-refractivity contribution is 5.86. The minimum atomic E-state index is -0.950. The molecule has 0 aromatic heterocycles. The van der Waals surface area contributed by atoms with Crippen molar-refractivity contribution in [2.24, 2.45) is 0 Å². The number of likely N-dealkylation sites (N-methyl/N-ethyl adjacent to an activating group) is 1. The second-order valence-electron chi connectivity index (χ2n) is 5.92. The third kappa shape index (κ3) is 3.39. The number of amides is 1. The lowest BCUT2D eigenvalue weighted by Gasteiger charge is -2.53. The zero-order valence-electron chi connectivity index (χ0n) is 13.5. The fourth-order valence-corrected chi connectivity index (χ4v) is 2.85. The largest absolute Gasteiger partial charge is 0.478 e. The van der Waals surface area contributed by atoms with Gasteiger partial charge in [-0.1, -0.05) is 19.9 Å². The van der Waals surface area contributed by atoms with Crippen molar-refractivity contribution in [3.05, 3.63) is 23.4 Å². The Morgan fingerprint density at radius 3 is 2.55 bits per heavy atom. The molecular formula is C16H24N2O4. The number of hydrogen-bond donors (Lipinski definition) is 1. The van der Waals surface area contributed by atoms with Crippen molar-refractivity contribution in [3.8, 4) is 0 Å². The van der Waals surface area contributed by atoms with Gasteiger partial charge >= 0.3 is 5.97 Å². The molecule has 1 spiro atoms. The number of hydrogen-bond acceptors (Lipinski definition) is 4. The Kier molecular flexibility index (Phi) is 5.03. The fourth-order valence-electron chi connectivity index (χ4n) is 2.85. The number of allylic oxidation sites excluding steroid dienone is 3. The lowest BCUT2D eigenvalue weighted by atomic mass is 9.91. The van der Waals surface area contributed by atoms with Crippen LogP contribution in [-0.4, -0.2) is 65.2 Å². The van der Waals surface area contributed by atoms with Gasteiger partial charge in [-0.05, 0) is 26.0 Å². The van der Waals surface area contributed by atoms with Gasteiger partial charge < -0.3 is 14.7 Å². The summed E-state index contributed by atoms with van der Waals surface area (Å²) >= 11 is 0. The number of carboxylic acids is 1. The minimum absolute atomic E-state index is 0.0601. The Hall–Kier alpha value is -1.66. The van der Waals surface area contributed by atoms with Crippen LogP contribution in [0.2, 0.25) is 0 Å². The molecule has 0 aliphatic carbocycles. The lowest BCUT2D eigenvalue weighted by molar-refractivity contribution is -0.190. The van der Waals surface area contributed by atoms with E-state index >= 15 is 0 Å². The van der Waals surface area contributed by atoms with Crippen LogP contribution < -0.4 is 0 Å². The van der Waals surface area contributed by atoms with Gasteiger partial charge in [0.25, 0.3) is 5.91 Å². The highest BCUT2D eigenvalue weighted by Gasteiger charge is 2.48. The molecule has 122 valence electrons. The molecule has 2 rings (SSSR count). The first kappa shape index (κ1) is 16.7. The molecule has 6 nitrogen and oxygen atoms in total. The maximum atomic E-state index is 12.2. The van der Waals surface area contributed by atoms with Gasteiger partial charge in [-0.15, -0.1) is 0 Å². The van der Waals surface area contributed by atoms with Gasteiger partial charge in [0, 0.05) is 24.4 Å². The second-order valence-corrected chi connectivity index (χ2v) is 5.92. The molecule has 2 aliphatic rings. The molecule has 2 heterocycles. The summed E-state index contributed by atoms with van der Waals surface area (Å²) in [6.07, 6.45) is 3.95. The molecule has 1 N–H and O–H groups in total. The van der Waals surface area contributed by atoms with Crippen LogP contribution in [0.15, 0.2) is 23.4 Å². The molecule has 0 saturated carbocycles. The van der Waals surface area contributed by atoms with Crippen molar-refractivity contribution in [2.45, 2.75) is 32.8 Å². The average Bonchev–Trinajstić information content (AvgIpc) is 2.46. The van der Waals surface area contributed by atoms with E-state index in [0.717, 1.165) is 25.3 Å². The second kappa shape index (κ2) is 6.62. The van der Waals surface area contributed by atoms with Gasteiger partial charge in [-0.2, -0.15) is 0 Å². The molecule has 0 atom stereocenters. The Balaban J connectivity index is 2.13. The summed E-state index contributed by atoms with van der Waals surface area (Å²) in [5.74, 6) is -1.01. The summed E-state index contributed by atoms with van der Waals surface area (Å²) in [7, 11) is 0. The van der Waals surface area contributed by atoms with Crippen molar-refractivity contribution in [1.82, 2.24) is 9.80 Å².